The zero-order valence-corrected chi connectivity index (χ0v) is 7.64. The van der Waals surface area contributed by atoms with Crippen molar-refractivity contribution in [2.45, 2.75) is 18.3 Å². The van der Waals surface area contributed by atoms with Gasteiger partial charge in [-0.2, -0.15) is 13.2 Å². The van der Waals surface area contributed by atoms with Crippen LogP contribution in [0.2, 0.25) is 0 Å². The maximum Gasteiger partial charge on any atom is 0.497 e. The van der Waals surface area contributed by atoms with E-state index in [1.807, 2.05) is 0 Å². The SMILES string of the molecule is O=S(=O)(CCCCCl)C(F)(F)F. The largest absolute Gasteiger partial charge is 0.497 e. The van der Waals surface area contributed by atoms with Crippen LogP contribution in [0, 0.1) is 0 Å². The number of halogens is 4. The molecule has 0 fully saturated rings. The first-order valence-electron chi connectivity index (χ1n) is 3.16. The van der Waals surface area contributed by atoms with Crippen molar-refractivity contribution >= 4 is 21.4 Å². The van der Waals surface area contributed by atoms with E-state index >= 15 is 0 Å². The molecule has 2 nitrogen and oxygen atoms in total. The van der Waals surface area contributed by atoms with Crippen LogP contribution in [-0.4, -0.2) is 25.6 Å². The predicted molar refractivity (Wildman–Crippen MR) is 39.8 cm³/mol. The van der Waals surface area contributed by atoms with Gasteiger partial charge in [0.25, 0.3) is 0 Å². The fraction of sp³-hybridized carbons (Fsp3) is 1.00. The van der Waals surface area contributed by atoms with E-state index in [0.29, 0.717) is 0 Å². The van der Waals surface area contributed by atoms with Gasteiger partial charge in [0.1, 0.15) is 0 Å². The lowest BCUT2D eigenvalue weighted by Gasteiger charge is -2.06. The molecule has 0 saturated carbocycles. The number of hydrogen-bond acceptors (Lipinski definition) is 2. The van der Waals surface area contributed by atoms with E-state index < -0.39 is 21.1 Å². The molecule has 0 atom stereocenters. The van der Waals surface area contributed by atoms with Gasteiger partial charge >= 0.3 is 5.51 Å². The third-order valence-corrected chi connectivity index (χ3v) is 2.95. The van der Waals surface area contributed by atoms with Crippen LogP contribution in [0.1, 0.15) is 12.8 Å². The molecule has 0 aromatic rings. The molecule has 0 saturated heterocycles. The van der Waals surface area contributed by atoms with Crippen molar-refractivity contribution in [2.24, 2.45) is 0 Å². The van der Waals surface area contributed by atoms with Gasteiger partial charge in [-0.15, -0.1) is 11.6 Å². The minimum atomic E-state index is -5.13. The lowest BCUT2D eigenvalue weighted by molar-refractivity contribution is -0.0435. The van der Waals surface area contributed by atoms with Crippen molar-refractivity contribution in [1.29, 1.82) is 0 Å². The summed E-state index contributed by atoms with van der Waals surface area (Å²) in [6.07, 6.45) is 0.224. The first-order chi connectivity index (χ1) is 5.31. The summed E-state index contributed by atoms with van der Waals surface area (Å²) in [5, 5.41) is 0. The molecular weight excluding hydrogens is 217 g/mol. The number of rotatable bonds is 4. The fourth-order valence-corrected chi connectivity index (χ4v) is 1.51. The lowest BCUT2D eigenvalue weighted by Crippen LogP contribution is -2.26. The fourth-order valence-electron chi connectivity index (χ4n) is 0.502. The van der Waals surface area contributed by atoms with Crippen LogP contribution in [0.3, 0.4) is 0 Å². The second-order valence-corrected chi connectivity index (χ2v) is 4.64. The summed E-state index contributed by atoms with van der Waals surface area (Å²) in [6, 6.07) is 0. The first-order valence-corrected chi connectivity index (χ1v) is 5.35. The average molecular weight is 225 g/mol. The summed E-state index contributed by atoms with van der Waals surface area (Å²) in [5.41, 5.74) is -5.13. The van der Waals surface area contributed by atoms with E-state index in [9.17, 15) is 21.6 Å². The van der Waals surface area contributed by atoms with Crippen LogP contribution in [0.15, 0.2) is 0 Å². The number of hydrogen-bond donors (Lipinski definition) is 0. The molecule has 0 rings (SSSR count). The van der Waals surface area contributed by atoms with E-state index in [2.05, 4.69) is 0 Å². The van der Waals surface area contributed by atoms with Crippen LogP contribution in [0.5, 0.6) is 0 Å². The van der Waals surface area contributed by atoms with Gasteiger partial charge in [0, 0.05) is 5.88 Å². The Hall–Kier alpha value is 0.0300. The summed E-state index contributed by atoms with van der Waals surface area (Å²) in [5.74, 6) is -0.698. The van der Waals surface area contributed by atoms with E-state index in [1.54, 1.807) is 0 Å². The van der Waals surface area contributed by atoms with Gasteiger partial charge in [0.05, 0.1) is 5.75 Å². The molecule has 0 spiro atoms. The highest BCUT2D eigenvalue weighted by molar-refractivity contribution is 7.92. The molecule has 0 aliphatic rings. The van der Waals surface area contributed by atoms with Crippen molar-refractivity contribution in [3.05, 3.63) is 0 Å². The van der Waals surface area contributed by atoms with Gasteiger partial charge < -0.3 is 0 Å². The molecule has 0 aromatic carbocycles. The van der Waals surface area contributed by atoms with Crippen molar-refractivity contribution in [3.8, 4) is 0 Å². The van der Waals surface area contributed by atoms with Gasteiger partial charge in [0.2, 0.25) is 9.84 Å². The number of sulfone groups is 1. The van der Waals surface area contributed by atoms with Gasteiger partial charge in [-0.3, -0.25) is 0 Å². The standard InChI is InChI=1S/C5H8ClF3O2S/c6-3-1-2-4-12(10,11)5(7,8)9/h1-4H2. The molecular formula is C5H8ClF3O2S. The topological polar surface area (TPSA) is 34.1 Å². The summed E-state index contributed by atoms with van der Waals surface area (Å²) < 4.78 is 55.6. The minimum absolute atomic E-state index is 0.0503. The van der Waals surface area contributed by atoms with Crippen LogP contribution >= 0.6 is 11.6 Å². The molecule has 0 N–H and O–H groups in total. The predicted octanol–water partition coefficient (Wildman–Crippen LogP) is 1.94. The Kier molecular flexibility index (Phi) is 4.33. The Morgan fingerprint density at radius 1 is 1.17 bits per heavy atom. The molecule has 0 amide bonds. The monoisotopic (exact) mass is 224 g/mol. The molecule has 0 unspecified atom stereocenters. The van der Waals surface area contributed by atoms with Crippen LogP contribution in [0.25, 0.3) is 0 Å². The molecule has 74 valence electrons. The van der Waals surface area contributed by atoms with Gasteiger partial charge in [-0.05, 0) is 12.8 Å². The molecule has 0 aromatic heterocycles. The third kappa shape index (κ3) is 3.62. The number of alkyl halides is 4. The van der Waals surface area contributed by atoms with Crippen molar-refractivity contribution in [3.63, 3.8) is 0 Å². The van der Waals surface area contributed by atoms with Crippen LogP contribution in [0.4, 0.5) is 13.2 Å². The third-order valence-electron chi connectivity index (χ3n) is 1.15. The van der Waals surface area contributed by atoms with Gasteiger partial charge in [-0.25, -0.2) is 8.42 Å². The molecule has 0 heterocycles. The first kappa shape index (κ1) is 12.0. The Labute approximate surface area is 73.6 Å². The second kappa shape index (κ2) is 4.32. The normalized spacial score (nSPS) is 13.3. The molecule has 0 aliphatic carbocycles. The summed E-state index contributed by atoms with van der Waals surface area (Å²) in [6.45, 7) is 0. The smallest absolute Gasteiger partial charge is 0.220 e. The molecule has 12 heavy (non-hydrogen) atoms. The molecule has 0 bridgehead atoms. The maximum absolute atomic E-state index is 11.6. The Balaban J connectivity index is 4.08. The van der Waals surface area contributed by atoms with Crippen molar-refractivity contribution < 1.29 is 21.6 Å². The molecule has 7 heteroatoms. The van der Waals surface area contributed by atoms with Gasteiger partial charge in [-0.1, -0.05) is 0 Å². The number of unbranched alkanes of at least 4 members (excludes halogenated alkanes) is 1. The zero-order chi connectivity index (χ0) is 9.83. The van der Waals surface area contributed by atoms with Crippen molar-refractivity contribution in [1.82, 2.24) is 0 Å². The highest BCUT2D eigenvalue weighted by atomic mass is 35.5. The summed E-state index contributed by atoms with van der Waals surface area (Å²) in [7, 11) is -4.93. The molecule has 0 radical (unpaired) electrons. The minimum Gasteiger partial charge on any atom is -0.220 e. The Bertz CT molecular complexity index is 221. The Morgan fingerprint density at radius 2 is 1.67 bits per heavy atom. The van der Waals surface area contributed by atoms with E-state index in [-0.39, 0.29) is 18.7 Å². The van der Waals surface area contributed by atoms with Crippen molar-refractivity contribution in [2.75, 3.05) is 11.6 Å². The van der Waals surface area contributed by atoms with E-state index in [0.717, 1.165) is 0 Å². The van der Waals surface area contributed by atoms with E-state index in [1.165, 1.54) is 0 Å². The van der Waals surface area contributed by atoms with E-state index in [4.69, 9.17) is 11.6 Å². The average Bonchev–Trinajstić information content (AvgIpc) is 1.85. The maximum atomic E-state index is 11.6. The molecule has 0 aliphatic heterocycles. The second-order valence-electron chi connectivity index (χ2n) is 2.16. The lowest BCUT2D eigenvalue weighted by atomic mass is 10.4. The Morgan fingerprint density at radius 3 is 2.00 bits per heavy atom. The quantitative estimate of drug-likeness (QED) is 0.540. The highest BCUT2D eigenvalue weighted by Crippen LogP contribution is 2.24. The summed E-state index contributed by atoms with van der Waals surface area (Å²) in [4.78, 5) is 0. The van der Waals surface area contributed by atoms with Crippen LogP contribution < -0.4 is 0 Å². The van der Waals surface area contributed by atoms with Crippen LogP contribution in [-0.2, 0) is 9.84 Å². The highest BCUT2D eigenvalue weighted by Gasteiger charge is 2.44. The summed E-state index contributed by atoms with van der Waals surface area (Å²) >= 11 is 5.17. The van der Waals surface area contributed by atoms with Gasteiger partial charge in [0.15, 0.2) is 0 Å². The zero-order valence-electron chi connectivity index (χ0n) is 6.07.